The van der Waals surface area contributed by atoms with Gasteiger partial charge in [0.25, 0.3) is 17.7 Å². The predicted molar refractivity (Wildman–Crippen MR) is 167 cm³/mol. The molecule has 2 aliphatic heterocycles. The zero-order valence-corrected chi connectivity index (χ0v) is 25.0. The van der Waals surface area contributed by atoms with Crippen LogP contribution in [-0.2, 0) is 0 Å². The van der Waals surface area contributed by atoms with Gasteiger partial charge in [-0.25, -0.2) is 0 Å². The minimum Gasteiger partial charge on any atom is -0.493 e. The molecule has 0 radical (unpaired) electrons. The zero-order valence-electron chi connectivity index (χ0n) is 25.0. The molecule has 2 aliphatic rings. The lowest BCUT2D eigenvalue weighted by molar-refractivity contribution is 0.0743. The number of amides is 3. The summed E-state index contributed by atoms with van der Waals surface area (Å²) in [5.74, 6) is 0.512. The Morgan fingerprint density at radius 3 is 2.07 bits per heavy atom. The van der Waals surface area contributed by atoms with E-state index in [0.717, 1.165) is 25.2 Å². The number of carbonyl (C=O) groups excluding carboxylic acids is 3. The fourth-order valence-electron chi connectivity index (χ4n) is 5.47. The number of benzene rings is 3. The quantitative estimate of drug-likeness (QED) is 0.426. The van der Waals surface area contributed by atoms with Crippen LogP contribution in [0.25, 0.3) is 0 Å². The highest BCUT2D eigenvalue weighted by atomic mass is 16.5. The summed E-state index contributed by atoms with van der Waals surface area (Å²) < 4.78 is 10.7. The van der Waals surface area contributed by atoms with Gasteiger partial charge in [-0.2, -0.15) is 5.26 Å². The molecular formula is C33H36N6O5. The van der Waals surface area contributed by atoms with Crippen molar-refractivity contribution in [1.29, 1.82) is 5.26 Å². The Balaban J connectivity index is 1.36. The van der Waals surface area contributed by atoms with Crippen molar-refractivity contribution in [3.05, 3.63) is 82.9 Å². The third kappa shape index (κ3) is 6.76. The van der Waals surface area contributed by atoms with Crippen molar-refractivity contribution in [3.63, 3.8) is 0 Å². The van der Waals surface area contributed by atoms with Gasteiger partial charge in [0.2, 0.25) is 0 Å². The summed E-state index contributed by atoms with van der Waals surface area (Å²) in [5, 5.41) is 15.4. The summed E-state index contributed by atoms with van der Waals surface area (Å²) in [7, 11) is 3.08. The van der Waals surface area contributed by atoms with Crippen molar-refractivity contribution in [2.75, 3.05) is 76.8 Å². The molecule has 5 rings (SSSR count). The maximum Gasteiger partial charge on any atom is 0.255 e. The van der Waals surface area contributed by atoms with Gasteiger partial charge in [0.05, 0.1) is 37.2 Å². The molecule has 0 aromatic heterocycles. The number of carbonyl (C=O) groups is 3. The van der Waals surface area contributed by atoms with Gasteiger partial charge in [-0.1, -0.05) is 0 Å². The summed E-state index contributed by atoms with van der Waals surface area (Å²) in [6, 6.07) is 19.0. The first kappa shape index (κ1) is 30.4. The predicted octanol–water partition coefficient (Wildman–Crippen LogP) is 3.23. The van der Waals surface area contributed by atoms with E-state index in [9.17, 15) is 14.4 Å². The molecule has 11 nitrogen and oxygen atoms in total. The Labute approximate surface area is 256 Å². The number of nitriles is 1. The lowest BCUT2D eigenvalue weighted by Crippen LogP contribution is -2.49. The topological polar surface area (TPSA) is 127 Å². The van der Waals surface area contributed by atoms with Gasteiger partial charge < -0.3 is 34.8 Å². The Morgan fingerprint density at radius 2 is 1.39 bits per heavy atom. The van der Waals surface area contributed by atoms with Crippen molar-refractivity contribution in [3.8, 4) is 17.6 Å². The fraction of sp³-hybridized carbons (Fsp3) is 0.333. The molecule has 0 aliphatic carbocycles. The van der Waals surface area contributed by atoms with Crippen LogP contribution in [-0.4, -0.2) is 94.1 Å². The first-order chi connectivity index (χ1) is 21.4. The second-order valence-electron chi connectivity index (χ2n) is 10.6. The number of piperazine rings is 1. The monoisotopic (exact) mass is 596 g/mol. The fourth-order valence-corrected chi connectivity index (χ4v) is 5.47. The summed E-state index contributed by atoms with van der Waals surface area (Å²) in [5.41, 5.74) is 3.14. The van der Waals surface area contributed by atoms with Crippen LogP contribution in [0.4, 0.5) is 11.4 Å². The summed E-state index contributed by atoms with van der Waals surface area (Å²) in [4.78, 5) is 45.8. The molecule has 3 amide bonds. The molecule has 228 valence electrons. The van der Waals surface area contributed by atoms with E-state index >= 15 is 0 Å². The molecule has 2 fully saturated rings. The van der Waals surface area contributed by atoms with E-state index < -0.39 is 0 Å². The second kappa shape index (κ2) is 13.9. The number of ether oxygens (including phenoxy) is 2. The minimum absolute atomic E-state index is 0.0838. The van der Waals surface area contributed by atoms with Gasteiger partial charge in [-0.05, 0) is 73.6 Å². The maximum atomic E-state index is 13.4. The van der Waals surface area contributed by atoms with Gasteiger partial charge in [0, 0.05) is 62.5 Å². The number of rotatable bonds is 7. The van der Waals surface area contributed by atoms with E-state index in [0.29, 0.717) is 78.7 Å². The van der Waals surface area contributed by atoms with E-state index in [1.165, 1.54) is 7.11 Å². The molecule has 0 atom stereocenters. The Hall–Kier alpha value is -5.08. The third-order valence-corrected chi connectivity index (χ3v) is 7.93. The number of nitrogens with one attached hydrogen (secondary N) is 2. The zero-order chi connectivity index (χ0) is 31.1. The number of methoxy groups -OCH3 is 2. The van der Waals surface area contributed by atoms with Crippen molar-refractivity contribution in [1.82, 2.24) is 15.1 Å². The number of nitrogens with zero attached hydrogens (tertiary/aromatic N) is 4. The minimum atomic E-state index is -0.346. The van der Waals surface area contributed by atoms with Crippen LogP contribution < -0.4 is 25.0 Å². The highest BCUT2D eigenvalue weighted by Gasteiger charge is 2.26. The molecule has 3 aromatic carbocycles. The van der Waals surface area contributed by atoms with Gasteiger partial charge in [-0.3, -0.25) is 14.4 Å². The molecule has 0 saturated carbocycles. The van der Waals surface area contributed by atoms with Crippen LogP contribution in [0.3, 0.4) is 0 Å². The van der Waals surface area contributed by atoms with Gasteiger partial charge >= 0.3 is 0 Å². The molecule has 2 saturated heterocycles. The smallest absolute Gasteiger partial charge is 0.255 e. The van der Waals surface area contributed by atoms with Crippen molar-refractivity contribution in [2.24, 2.45) is 0 Å². The van der Waals surface area contributed by atoms with Crippen LogP contribution in [0.5, 0.6) is 11.5 Å². The highest BCUT2D eigenvalue weighted by molar-refractivity contribution is 6.07. The second-order valence-corrected chi connectivity index (χ2v) is 10.6. The molecule has 0 spiro atoms. The molecule has 3 aromatic rings. The average Bonchev–Trinajstić information content (AvgIpc) is 3.37. The molecule has 0 bridgehead atoms. The normalized spacial score (nSPS) is 15.2. The Kier molecular flexibility index (Phi) is 9.62. The molecule has 2 heterocycles. The van der Waals surface area contributed by atoms with Gasteiger partial charge in [-0.15, -0.1) is 0 Å². The molecule has 11 heteroatoms. The number of hydrogen-bond donors (Lipinski definition) is 2. The number of anilines is 2. The summed E-state index contributed by atoms with van der Waals surface area (Å²) in [6.07, 6.45) is 0.873. The first-order valence-corrected chi connectivity index (χ1v) is 14.6. The van der Waals surface area contributed by atoms with Gasteiger partial charge in [0.15, 0.2) is 11.5 Å². The van der Waals surface area contributed by atoms with Crippen molar-refractivity contribution in [2.45, 2.75) is 6.42 Å². The lowest BCUT2D eigenvalue weighted by Gasteiger charge is -2.37. The standard InChI is InChI=1S/C33H36N6O5/c1-43-29-11-9-26(21-30(29)44-2)33(42)39-18-16-37(17-19-39)28-10-8-25(32(41)38-14-3-12-35-13-15-38)20-27(28)36-31(40)24-6-4-23(22-34)5-7-24/h4-11,20-21,35H,3,12-19H2,1-2H3,(H,36,40). The van der Waals surface area contributed by atoms with E-state index in [1.54, 1.807) is 66.6 Å². The van der Waals surface area contributed by atoms with E-state index in [-0.39, 0.29) is 17.7 Å². The van der Waals surface area contributed by atoms with Crippen LogP contribution in [0.15, 0.2) is 60.7 Å². The van der Waals surface area contributed by atoms with Crippen molar-refractivity contribution >= 4 is 29.1 Å². The molecular weight excluding hydrogens is 560 g/mol. The van der Waals surface area contributed by atoms with Crippen LogP contribution in [0, 0.1) is 11.3 Å². The molecule has 44 heavy (non-hydrogen) atoms. The molecule has 0 unspecified atom stereocenters. The van der Waals surface area contributed by atoms with Crippen LogP contribution >= 0.6 is 0 Å². The van der Waals surface area contributed by atoms with Crippen molar-refractivity contribution < 1.29 is 23.9 Å². The number of hydrogen-bond acceptors (Lipinski definition) is 8. The third-order valence-electron chi connectivity index (χ3n) is 7.93. The molecule has 2 N–H and O–H groups in total. The first-order valence-electron chi connectivity index (χ1n) is 14.6. The maximum absolute atomic E-state index is 13.4. The SMILES string of the molecule is COc1ccc(C(=O)N2CCN(c3ccc(C(=O)N4CCCNCC4)cc3NC(=O)c3ccc(C#N)cc3)CC2)cc1OC. The van der Waals surface area contributed by atoms with E-state index in [4.69, 9.17) is 14.7 Å². The van der Waals surface area contributed by atoms with E-state index in [2.05, 4.69) is 21.6 Å². The van der Waals surface area contributed by atoms with Crippen LogP contribution in [0.2, 0.25) is 0 Å². The summed E-state index contributed by atoms with van der Waals surface area (Å²) >= 11 is 0. The van der Waals surface area contributed by atoms with Crippen LogP contribution in [0.1, 0.15) is 43.1 Å². The average molecular weight is 597 g/mol. The Morgan fingerprint density at radius 1 is 0.750 bits per heavy atom. The van der Waals surface area contributed by atoms with E-state index in [1.807, 2.05) is 11.0 Å². The highest BCUT2D eigenvalue weighted by Crippen LogP contribution is 2.31. The largest absolute Gasteiger partial charge is 0.493 e. The summed E-state index contributed by atoms with van der Waals surface area (Å²) in [6.45, 7) is 4.89. The van der Waals surface area contributed by atoms with Gasteiger partial charge in [0.1, 0.15) is 0 Å². The Bertz CT molecular complexity index is 1550. The lowest BCUT2D eigenvalue weighted by atomic mass is 10.1.